The van der Waals surface area contributed by atoms with Gasteiger partial charge in [0.2, 0.25) is 0 Å². The maximum absolute atomic E-state index is 5.26. The number of aromatic nitrogens is 6. The standard InChI is InChI=1S/C28H29N7OS/c1-19-16-26(33-36-19)22-5-4-20-9-13-35(14-10-21(20)17-22)12-3-15-37-28-32-31-27(34(28)2)25-7-6-23-18-29-11-8-24(23)30-25/h4-8,11,16-18H,3,9-10,12-15H2,1-2H3. The van der Waals surface area contributed by atoms with Crippen molar-refractivity contribution in [2.75, 3.05) is 25.4 Å². The van der Waals surface area contributed by atoms with E-state index in [1.54, 1.807) is 18.0 Å². The maximum atomic E-state index is 5.26. The number of nitrogens with zero attached hydrogens (tertiary/aromatic N) is 7. The summed E-state index contributed by atoms with van der Waals surface area (Å²) in [7, 11) is 2.01. The first-order valence-electron chi connectivity index (χ1n) is 12.7. The van der Waals surface area contributed by atoms with E-state index in [-0.39, 0.29) is 0 Å². The smallest absolute Gasteiger partial charge is 0.191 e. The quantitative estimate of drug-likeness (QED) is 0.224. The van der Waals surface area contributed by atoms with Gasteiger partial charge in [0.15, 0.2) is 11.0 Å². The van der Waals surface area contributed by atoms with E-state index in [0.29, 0.717) is 0 Å². The summed E-state index contributed by atoms with van der Waals surface area (Å²) in [6.45, 7) is 5.19. The minimum absolute atomic E-state index is 0.784. The van der Waals surface area contributed by atoms with Crippen LogP contribution in [0.5, 0.6) is 0 Å². The Balaban J connectivity index is 1.02. The molecule has 188 valence electrons. The molecule has 8 nitrogen and oxygen atoms in total. The normalized spacial score (nSPS) is 14.1. The van der Waals surface area contributed by atoms with Gasteiger partial charge >= 0.3 is 0 Å². The highest BCUT2D eigenvalue weighted by atomic mass is 32.2. The van der Waals surface area contributed by atoms with Crippen LogP contribution in [0.4, 0.5) is 0 Å². The maximum Gasteiger partial charge on any atom is 0.191 e. The average molecular weight is 512 g/mol. The third kappa shape index (κ3) is 5.14. The predicted molar refractivity (Wildman–Crippen MR) is 145 cm³/mol. The van der Waals surface area contributed by atoms with Gasteiger partial charge < -0.3 is 14.0 Å². The topological polar surface area (TPSA) is 85.8 Å². The first kappa shape index (κ1) is 23.8. The van der Waals surface area contributed by atoms with Crippen molar-refractivity contribution in [3.05, 3.63) is 71.7 Å². The molecule has 0 amide bonds. The van der Waals surface area contributed by atoms with Crippen molar-refractivity contribution in [3.8, 4) is 22.8 Å². The molecule has 0 aliphatic carbocycles. The molecular formula is C28H29N7OS. The molecule has 0 bridgehead atoms. The first-order valence-corrected chi connectivity index (χ1v) is 13.6. The van der Waals surface area contributed by atoms with Crippen molar-refractivity contribution < 1.29 is 4.52 Å². The molecule has 0 spiro atoms. The van der Waals surface area contributed by atoms with Gasteiger partial charge in [-0.25, -0.2) is 4.98 Å². The van der Waals surface area contributed by atoms with Gasteiger partial charge in [-0.1, -0.05) is 29.1 Å². The zero-order valence-electron chi connectivity index (χ0n) is 21.1. The van der Waals surface area contributed by atoms with Crippen molar-refractivity contribution in [1.29, 1.82) is 0 Å². The van der Waals surface area contributed by atoms with Crippen molar-refractivity contribution in [2.24, 2.45) is 7.05 Å². The highest BCUT2D eigenvalue weighted by molar-refractivity contribution is 7.99. The van der Waals surface area contributed by atoms with Crippen LogP contribution in [-0.4, -0.2) is 60.2 Å². The van der Waals surface area contributed by atoms with Crippen molar-refractivity contribution in [1.82, 2.24) is 34.8 Å². The van der Waals surface area contributed by atoms with E-state index in [1.165, 1.54) is 11.1 Å². The number of hydrogen-bond acceptors (Lipinski definition) is 8. The Hall–Kier alpha value is -3.56. The van der Waals surface area contributed by atoms with Crippen molar-refractivity contribution in [2.45, 2.75) is 31.3 Å². The Morgan fingerprint density at radius 2 is 1.86 bits per heavy atom. The van der Waals surface area contributed by atoms with Gasteiger partial charge in [0.25, 0.3) is 0 Å². The van der Waals surface area contributed by atoms with Crippen LogP contribution in [0.15, 0.2) is 64.5 Å². The van der Waals surface area contributed by atoms with Gasteiger partial charge in [0, 0.05) is 55.3 Å². The van der Waals surface area contributed by atoms with Crippen LogP contribution in [0.2, 0.25) is 0 Å². The molecule has 0 saturated heterocycles. The Morgan fingerprint density at radius 1 is 0.973 bits per heavy atom. The van der Waals surface area contributed by atoms with Crippen LogP contribution in [-0.2, 0) is 19.9 Å². The van der Waals surface area contributed by atoms with Crippen LogP contribution in [0, 0.1) is 6.92 Å². The number of aryl methyl sites for hydroxylation is 1. The van der Waals surface area contributed by atoms with E-state index >= 15 is 0 Å². The summed E-state index contributed by atoms with van der Waals surface area (Å²) in [6.07, 6.45) is 6.84. The van der Waals surface area contributed by atoms with Crippen molar-refractivity contribution >= 4 is 22.7 Å². The largest absolute Gasteiger partial charge is 0.361 e. The molecule has 5 aromatic rings. The van der Waals surface area contributed by atoms with E-state index in [0.717, 1.165) is 89.2 Å². The number of hydrogen-bond donors (Lipinski definition) is 0. The number of pyridine rings is 2. The molecule has 0 atom stereocenters. The van der Waals surface area contributed by atoms with Gasteiger partial charge in [-0.2, -0.15) is 0 Å². The van der Waals surface area contributed by atoms with E-state index in [9.17, 15) is 0 Å². The van der Waals surface area contributed by atoms with Crippen LogP contribution < -0.4 is 0 Å². The molecule has 0 fully saturated rings. The van der Waals surface area contributed by atoms with E-state index in [2.05, 4.69) is 43.4 Å². The molecule has 5 heterocycles. The third-order valence-corrected chi connectivity index (χ3v) is 8.03. The van der Waals surface area contributed by atoms with Gasteiger partial charge in [0.05, 0.1) is 5.52 Å². The summed E-state index contributed by atoms with van der Waals surface area (Å²) in [5, 5.41) is 15.0. The van der Waals surface area contributed by atoms with Crippen LogP contribution in [0.1, 0.15) is 23.3 Å². The Kier molecular flexibility index (Phi) is 6.72. The molecule has 0 radical (unpaired) electrons. The molecule has 1 aliphatic rings. The molecule has 37 heavy (non-hydrogen) atoms. The molecule has 4 aromatic heterocycles. The van der Waals surface area contributed by atoms with Gasteiger partial charge in [-0.3, -0.25) is 4.98 Å². The summed E-state index contributed by atoms with van der Waals surface area (Å²) in [4.78, 5) is 11.5. The fraction of sp³-hybridized carbons (Fsp3) is 0.321. The molecule has 0 saturated carbocycles. The van der Waals surface area contributed by atoms with Crippen LogP contribution >= 0.6 is 11.8 Å². The minimum Gasteiger partial charge on any atom is -0.361 e. The Morgan fingerprint density at radius 3 is 2.73 bits per heavy atom. The Labute approximate surface area is 220 Å². The second-order valence-corrected chi connectivity index (χ2v) is 10.5. The highest BCUT2D eigenvalue weighted by Crippen LogP contribution is 2.26. The monoisotopic (exact) mass is 511 g/mol. The molecule has 6 rings (SSSR count). The number of rotatable bonds is 7. The minimum atomic E-state index is 0.784. The second-order valence-electron chi connectivity index (χ2n) is 9.48. The van der Waals surface area contributed by atoms with Gasteiger partial charge in [0.1, 0.15) is 17.1 Å². The summed E-state index contributed by atoms with van der Waals surface area (Å²) < 4.78 is 7.30. The fourth-order valence-corrected chi connectivity index (χ4v) is 5.70. The third-order valence-electron chi connectivity index (χ3n) is 6.93. The van der Waals surface area contributed by atoms with E-state index in [4.69, 9.17) is 9.51 Å². The van der Waals surface area contributed by atoms with E-state index < -0.39 is 0 Å². The fourth-order valence-electron chi connectivity index (χ4n) is 4.86. The van der Waals surface area contributed by atoms with Crippen LogP contribution in [0.25, 0.3) is 33.7 Å². The highest BCUT2D eigenvalue weighted by Gasteiger charge is 2.16. The lowest BCUT2D eigenvalue weighted by Gasteiger charge is -2.19. The van der Waals surface area contributed by atoms with Gasteiger partial charge in [-0.05, 0) is 68.1 Å². The summed E-state index contributed by atoms with van der Waals surface area (Å²) >= 11 is 1.76. The molecular weight excluding hydrogens is 482 g/mol. The lowest BCUT2D eigenvalue weighted by molar-refractivity contribution is 0.289. The average Bonchev–Trinajstić information content (AvgIpc) is 3.46. The number of benzene rings is 1. The van der Waals surface area contributed by atoms with E-state index in [1.807, 2.05) is 49.0 Å². The molecule has 0 N–H and O–H groups in total. The SMILES string of the molecule is Cc1cc(-c2ccc3c(c2)CCN(CCCSc2nnc(-c4ccc5cnccc5n4)n2C)CC3)no1. The summed E-state index contributed by atoms with van der Waals surface area (Å²) in [5.74, 6) is 2.63. The summed E-state index contributed by atoms with van der Waals surface area (Å²) in [5.41, 5.74) is 6.67. The summed E-state index contributed by atoms with van der Waals surface area (Å²) in [6, 6.07) is 14.7. The number of thioether (sulfide) groups is 1. The molecule has 1 aliphatic heterocycles. The predicted octanol–water partition coefficient (Wildman–Crippen LogP) is 4.97. The van der Waals surface area contributed by atoms with Gasteiger partial charge in [-0.15, -0.1) is 10.2 Å². The zero-order valence-corrected chi connectivity index (χ0v) is 21.9. The lowest BCUT2D eigenvalue weighted by Crippen LogP contribution is -2.27. The number of fused-ring (bicyclic) bond motifs is 2. The molecule has 9 heteroatoms. The first-order chi connectivity index (χ1) is 18.1. The molecule has 0 unspecified atom stereocenters. The Bertz CT molecular complexity index is 1540. The molecule has 1 aromatic carbocycles. The second kappa shape index (κ2) is 10.4. The van der Waals surface area contributed by atoms with Crippen LogP contribution in [0.3, 0.4) is 0 Å². The lowest BCUT2D eigenvalue weighted by atomic mass is 9.99. The zero-order chi connectivity index (χ0) is 25.2. The van der Waals surface area contributed by atoms with Crippen molar-refractivity contribution in [3.63, 3.8) is 0 Å².